The average Bonchev–Trinajstić information content (AvgIpc) is 3.53. The summed E-state index contributed by atoms with van der Waals surface area (Å²) in [4.78, 5) is 15.4. The van der Waals surface area contributed by atoms with Crippen molar-refractivity contribution in [3.63, 3.8) is 0 Å². The van der Waals surface area contributed by atoms with Gasteiger partial charge in [0.2, 0.25) is 0 Å². The highest BCUT2D eigenvalue weighted by atomic mass is 35.5. The summed E-state index contributed by atoms with van der Waals surface area (Å²) < 4.78 is 16.8. The number of carbonyl (C=O) groups excluding carboxylic acids is 1. The van der Waals surface area contributed by atoms with Crippen LogP contribution in [0.3, 0.4) is 0 Å². The number of carbonyl (C=O) groups is 1. The molecule has 0 aliphatic heterocycles. The molecular formula is C31H21Cl3N2O4. The Balaban J connectivity index is 1.25. The van der Waals surface area contributed by atoms with Crippen molar-refractivity contribution in [1.29, 1.82) is 0 Å². The minimum atomic E-state index is -0.426. The molecule has 200 valence electrons. The summed E-state index contributed by atoms with van der Waals surface area (Å²) in [5.74, 6) is 7.42. The van der Waals surface area contributed by atoms with Gasteiger partial charge in [-0.3, -0.25) is 0 Å². The van der Waals surface area contributed by atoms with Gasteiger partial charge in [-0.25, -0.2) is 4.79 Å². The lowest BCUT2D eigenvalue weighted by Gasteiger charge is -2.10. The first-order chi connectivity index (χ1) is 19.4. The van der Waals surface area contributed by atoms with E-state index in [1.165, 1.54) is 7.11 Å². The van der Waals surface area contributed by atoms with Gasteiger partial charge in [0.05, 0.1) is 33.3 Å². The van der Waals surface area contributed by atoms with Gasteiger partial charge in [-0.2, -0.15) is 0 Å². The van der Waals surface area contributed by atoms with E-state index in [0.717, 1.165) is 35.1 Å². The third kappa shape index (κ3) is 5.16. The number of esters is 1. The molecule has 2 heterocycles. The van der Waals surface area contributed by atoms with Crippen LogP contribution in [0, 0.1) is 11.8 Å². The lowest BCUT2D eigenvalue weighted by Crippen LogP contribution is -2.02. The molecule has 5 aromatic rings. The summed E-state index contributed by atoms with van der Waals surface area (Å²) in [6, 6.07) is 16.0. The fourth-order valence-corrected chi connectivity index (χ4v) is 5.34. The van der Waals surface area contributed by atoms with Crippen LogP contribution in [-0.2, 0) is 11.3 Å². The molecule has 0 saturated heterocycles. The Hall–Kier alpha value is -3.89. The van der Waals surface area contributed by atoms with Crippen LogP contribution in [0.25, 0.3) is 22.2 Å². The Bertz CT molecular complexity index is 1810. The molecule has 9 heteroatoms. The molecule has 6 nitrogen and oxygen atoms in total. The van der Waals surface area contributed by atoms with Gasteiger partial charge in [0, 0.05) is 45.8 Å². The van der Waals surface area contributed by atoms with Crippen molar-refractivity contribution in [1.82, 2.24) is 10.1 Å². The van der Waals surface area contributed by atoms with E-state index in [4.69, 9.17) is 48.8 Å². The predicted octanol–water partition coefficient (Wildman–Crippen LogP) is 8.43. The highest BCUT2D eigenvalue weighted by Crippen LogP contribution is 2.46. The molecule has 6 rings (SSSR count). The minimum absolute atomic E-state index is 0.208. The molecule has 2 aromatic heterocycles. The average molecular weight is 592 g/mol. The molecule has 3 aromatic carbocycles. The fraction of sp³-hybridized carbons (Fsp3) is 0.161. The number of rotatable bonds is 6. The van der Waals surface area contributed by atoms with Crippen molar-refractivity contribution in [3.05, 3.63) is 104 Å². The van der Waals surface area contributed by atoms with Gasteiger partial charge in [-0.05, 0) is 55.3 Å². The first kappa shape index (κ1) is 26.3. The van der Waals surface area contributed by atoms with Crippen LogP contribution in [0.2, 0.25) is 15.1 Å². The summed E-state index contributed by atoms with van der Waals surface area (Å²) in [5.41, 5.74) is 4.52. The molecule has 1 N–H and O–H groups in total. The van der Waals surface area contributed by atoms with Gasteiger partial charge in [0.1, 0.15) is 23.8 Å². The molecule has 1 aliphatic carbocycles. The normalized spacial score (nSPS) is 12.7. The summed E-state index contributed by atoms with van der Waals surface area (Å²) in [6.45, 7) is 0.208. The number of hydrogen-bond donors (Lipinski definition) is 1. The molecule has 1 aliphatic rings. The number of benzene rings is 3. The van der Waals surface area contributed by atoms with E-state index in [-0.39, 0.29) is 6.61 Å². The number of methoxy groups -OCH3 is 1. The van der Waals surface area contributed by atoms with E-state index in [1.54, 1.807) is 48.7 Å². The molecule has 1 fully saturated rings. The van der Waals surface area contributed by atoms with Gasteiger partial charge >= 0.3 is 5.97 Å². The van der Waals surface area contributed by atoms with Crippen molar-refractivity contribution < 1.29 is 18.8 Å². The summed E-state index contributed by atoms with van der Waals surface area (Å²) in [5, 5.41) is 6.49. The summed E-state index contributed by atoms with van der Waals surface area (Å²) >= 11 is 19.5. The molecule has 0 atom stereocenters. The molecule has 0 radical (unpaired) electrons. The number of nitrogens with zero attached hydrogens (tertiary/aromatic N) is 1. The van der Waals surface area contributed by atoms with Crippen molar-refractivity contribution in [2.45, 2.75) is 25.4 Å². The number of aromatic amines is 1. The number of ether oxygens (including phenoxy) is 2. The van der Waals surface area contributed by atoms with Gasteiger partial charge in [-0.1, -0.05) is 57.9 Å². The lowest BCUT2D eigenvalue weighted by atomic mass is 10.0. The molecule has 1 saturated carbocycles. The van der Waals surface area contributed by atoms with E-state index in [9.17, 15) is 4.79 Å². The molecular weight excluding hydrogens is 571 g/mol. The number of aromatic nitrogens is 2. The van der Waals surface area contributed by atoms with Crippen LogP contribution in [-0.4, -0.2) is 23.2 Å². The first-order valence-corrected chi connectivity index (χ1v) is 13.6. The predicted molar refractivity (Wildman–Crippen MR) is 155 cm³/mol. The molecule has 0 bridgehead atoms. The largest absolute Gasteiger partial charge is 0.489 e. The van der Waals surface area contributed by atoms with Crippen LogP contribution in [0.1, 0.15) is 51.6 Å². The van der Waals surface area contributed by atoms with Crippen LogP contribution in [0.5, 0.6) is 5.75 Å². The van der Waals surface area contributed by atoms with Crippen LogP contribution < -0.4 is 4.74 Å². The van der Waals surface area contributed by atoms with Gasteiger partial charge in [0.15, 0.2) is 0 Å². The second-order valence-electron chi connectivity index (χ2n) is 9.38. The second-order valence-corrected chi connectivity index (χ2v) is 10.6. The quantitative estimate of drug-likeness (QED) is 0.158. The van der Waals surface area contributed by atoms with Crippen molar-refractivity contribution >= 4 is 51.7 Å². The summed E-state index contributed by atoms with van der Waals surface area (Å²) in [6.07, 6.45) is 3.84. The van der Waals surface area contributed by atoms with E-state index in [1.807, 2.05) is 12.1 Å². The third-order valence-corrected chi connectivity index (χ3v) is 7.65. The van der Waals surface area contributed by atoms with Crippen molar-refractivity contribution in [2.24, 2.45) is 0 Å². The standard InChI is InChI=1S/C31H21Cl3N2O4/c1-38-31(37)22-13-17(14-27-21(22)11-12-35-27)5-6-18-9-10-20(15-26(18)34)39-16-23-29(36-40-30(23)19-7-8-19)28-24(32)3-2-4-25(28)33/h2-4,9-15,19,35H,7-8,16H2,1H3. The topological polar surface area (TPSA) is 77.3 Å². The minimum Gasteiger partial charge on any atom is -0.489 e. The Morgan fingerprint density at radius 2 is 1.85 bits per heavy atom. The highest BCUT2D eigenvalue weighted by molar-refractivity contribution is 6.39. The molecule has 40 heavy (non-hydrogen) atoms. The highest BCUT2D eigenvalue weighted by Gasteiger charge is 2.33. The first-order valence-electron chi connectivity index (χ1n) is 12.5. The van der Waals surface area contributed by atoms with Crippen LogP contribution in [0.15, 0.2) is 65.3 Å². The van der Waals surface area contributed by atoms with Gasteiger partial charge in [0.25, 0.3) is 0 Å². The summed E-state index contributed by atoms with van der Waals surface area (Å²) in [7, 11) is 1.35. The van der Waals surface area contributed by atoms with E-state index >= 15 is 0 Å². The SMILES string of the molecule is COC(=O)c1cc(C#Cc2ccc(OCc3c(-c4c(Cl)cccc4Cl)noc3C3CC3)cc2Cl)cc2[nH]ccc12. The van der Waals surface area contributed by atoms with Gasteiger partial charge in [-0.15, -0.1) is 0 Å². The van der Waals surface area contributed by atoms with Crippen LogP contribution >= 0.6 is 34.8 Å². The molecule has 0 spiro atoms. The van der Waals surface area contributed by atoms with E-state index in [0.29, 0.717) is 54.7 Å². The second kappa shape index (κ2) is 10.9. The number of H-pyrrole nitrogens is 1. The Labute approximate surface area is 245 Å². The van der Waals surface area contributed by atoms with E-state index < -0.39 is 5.97 Å². The Morgan fingerprint density at radius 3 is 2.58 bits per heavy atom. The number of hydrogen-bond acceptors (Lipinski definition) is 5. The zero-order chi connectivity index (χ0) is 27.8. The Morgan fingerprint density at radius 1 is 1.05 bits per heavy atom. The lowest BCUT2D eigenvalue weighted by molar-refractivity contribution is 0.0603. The number of fused-ring (bicyclic) bond motifs is 1. The van der Waals surface area contributed by atoms with Crippen LogP contribution in [0.4, 0.5) is 0 Å². The maximum Gasteiger partial charge on any atom is 0.338 e. The fourth-order valence-electron chi connectivity index (χ4n) is 4.55. The maximum absolute atomic E-state index is 12.2. The smallest absolute Gasteiger partial charge is 0.338 e. The zero-order valence-corrected chi connectivity index (χ0v) is 23.5. The number of nitrogens with one attached hydrogen (secondary N) is 1. The zero-order valence-electron chi connectivity index (χ0n) is 21.2. The van der Waals surface area contributed by atoms with E-state index in [2.05, 4.69) is 22.0 Å². The monoisotopic (exact) mass is 590 g/mol. The van der Waals surface area contributed by atoms with Gasteiger partial charge < -0.3 is 19.0 Å². The maximum atomic E-state index is 12.2. The van der Waals surface area contributed by atoms with Crippen molar-refractivity contribution in [2.75, 3.05) is 7.11 Å². The number of halogens is 3. The molecule has 0 amide bonds. The van der Waals surface area contributed by atoms with Crippen molar-refractivity contribution in [3.8, 4) is 28.8 Å². The Kier molecular flexibility index (Phi) is 7.20. The third-order valence-electron chi connectivity index (χ3n) is 6.71. The molecule has 0 unspecified atom stereocenters.